The van der Waals surface area contributed by atoms with Crippen LogP contribution in [0.25, 0.3) is 0 Å². The molecule has 1 aliphatic rings. The molecule has 0 saturated heterocycles. The van der Waals surface area contributed by atoms with Crippen LogP contribution in [-0.4, -0.2) is 48.8 Å². The molecular weight excluding hydrogens is 230 g/mol. The van der Waals surface area contributed by atoms with E-state index >= 15 is 0 Å². The number of carbonyl (C=O) groups excluding carboxylic acids is 1. The van der Waals surface area contributed by atoms with E-state index in [0.29, 0.717) is 13.2 Å². The summed E-state index contributed by atoms with van der Waals surface area (Å²) in [4.78, 5) is 14.3. The number of hydrogen-bond donors (Lipinski definition) is 1. The number of carbonyl (C=O) groups is 1. The van der Waals surface area contributed by atoms with Crippen molar-refractivity contribution < 1.29 is 14.6 Å². The third kappa shape index (κ3) is 3.95. The van der Waals surface area contributed by atoms with Crippen LogP contribution in [0.2, 0.25) is 0 Å². The second kappa shape index (κ2) is 6.02. The molecule has 0 radical (unpaired) electrons. The van der Waals surface area contributed by atoms with Crippen molar-refractivity contribution in [3.05, 3.63) is 0 Å². The Labute approximate surface area is 110 Å². The molecule has 106 valence electrons. The highest BCUT2D eigenvalue weighted by molar-refractivity contribution is 5.82. The number of likely N-dealkylation sites (N-methyl/N-ethyl adjacent to an activating group) is 1. The summed E-state index contributed by atoms with van der Waals surface area (Å²) in [6, 6.07) is 0. The van der Waals surface area contributed by atoms with Gasteiger partial charge in [0.1, 0.15) is 0 Å². The first-order chi connectivity index (χ1) is 8.31. The summed E-state index contributed by atoms with van der Waals surface area (Å²) < 4.78 is 5.14. The van der Waals surface area contributed by atoms with Crippen molar-refractivity contribution in [3.8, 4) is 0 Å². The Morgan fingerprint density at radius 1 is 1.39 bits per heavy atom. The monoisotopic (exact) mass is 257 g/mol. The van der Waals surface area contributed by atoms with Crippen LogP contribution in [0.1, 0.15) is 46.0 Å². The maximum absolute atomic E-state index is 12.6. The Hall–Kier alpha value is -0.610. The molecule has 1 N–H and O–H groups in total. The molecule has 0 atom stereocenters. The average Bonchev–Trinajstić information content (AvgIpc) is 2.72. The summed E-state index contributed by atoms with van der Waals surface area (Å²) in [7, 11) is 3.46. The Morgan fingerprint density at radius 3 is 2.39 bits per heavy atom. The number of hydrogen-bond acceptors (Lipinski definition) is 3. The number of ether oxygens (including phenoxy) is 1. The van der Waals surface area contributed by atoms with Crippen LogP contribution in [0.4, 0.5) is 0 Å². The molecule has 18 heavy (non-hydrogen) atoms. The van der Waals surface area contributed by atoms with E-state index < -0.39 is 5.60 Å². The summed E-state index contributed by atoms with van der Waals surface area (Å²) in [5.41, 5.74) is -1.10. The lowest BCUT2D eigenvalue weighted by molar-refractivity contribution is -0.144. The zero-order chi connectivity index (χ0) is 13.8. The summed E-state index contributed by atoms with van der Waals surface area (Å²) >= 11 is 0. The van der Waals surface area contributed by atoms with Crippen LogP contribution >= 0.6 is 0 Å². The average molecular weight is 257 g/mol. The molecule has 1 amide bonds. The zero-order valence-corrected chi connectivity index (χ0v) is 12.2. The molecule has 1 fully saturated rings. The first-order valence-electron chi connectivity index (χ1n) is 6.78. The van der Waals surface area contributed by atoms with Gasteiger partial charge in [-0.1, -0.05) is 12.8 Å². The van der Waals surface area contributed by atoms with Crippen molar-refractivity contribution in [3.63, 3.8) is 0 Å². The molecule has 0 aromatic rings. The van der Waals surface area contributed by atoms with Gasteiger partial charge in [0.25, 0.3) is 0 Å². The number of rotatable bonds is 6. The van der Waals surface area contributed by atoms with Crippen LogP contribution in [0.15, 0.2) is 0 Å². The quantitative estimate of drug-likeness (QED) is 0.789. The molecule has 0 bridgehead atoms. The first-order valence-corrected chi connectivity index (χ1v) is 6.78. The largest absolute Gasteiger partial charge is 0.389 e. The van der Waals surface area contributed by atoms with Crippen molar-refractivity contribution in [2.24, 2.45) is 5.41 Å². The topological polar surface area (TPSA) is 49.8 Å². The van der Waals surface area contributed by atoms with Crippen molar-refractivity contribution in [1.29, 1.82) is 0 Å². The summed E-state index contributed by atoms with van der Waals surface area (Å²) in [5, 5.41) is 9.82. The lowest BCUT2D eigenvalue weighted by atomic mass is 9.81. The minimum atomic E-state index is -0.842. The van der Waals surface area contributed by atoms with Gasteiger partial charge in [-0.25, -0.2) is 0 Å². The fourth-order valence-corrected chi connectivity index (χ4v) is 2.98. The fourth-order valence-electron chi connectivity index (χ4n) is 2.98. The van der Waals surface area contributed by atoms with E-state index in [4.69, 9.17) is 4.74 Å². The van der Waals surface area contributed by atoms with Gasteiger partial charge in [-0.2, -0.15) is 0 Å². The summed E-state index contributed by atoms with van der Waals surface area (Å²) in [5.74, 6) is 0.166. The molecule has 4 heteroatoms. The number of methoxy groups -OCH3 is 1. The minimum Gasteiger partial charge on any atom is -0.389 e. The van der Waals surface area contributed by atoms with Gasteiger partial charge < -0.3 is 14.7 Å². The Bertz CT molecular complexity index is 277. The van der Waals surface area contributed by atoms with Crippen molar-refractivity contribution >= 4 is 5.91 Å². The molecule has 1 saturated carbocycles. The zero-order valence-electron chi connectivity index (χ0n) is 12.2. The molecule has 1 aliphatic carbocycles. The predicted octanol–water partition coefficient (Wildman–Crippen LogP) is 1.81. The van der Waals surface area contributed by atoms with Gasteiger partial charge in [-0.05, 0) is 33.1 Å². The van der Waals surface area contributed by atoms with E-state index in [1.807, 2.05) is 0 Å². The maximum Gasteiger partial charge on any atom is 0.228 e. The Morgan fingerprint density at radius 2 is 1.94 bits per heavy atom. The summed E-state index contributed by atoms with van der Waals surface area (Å²) in [6.07, 6.45) is 4.92. The van der Waals surface area contributed by atoms with E-state index in [-0.39, 0.29) is 11.3 Å². The van der Waals surface area contributed by atoms with Crippen LogP contribution in [0, 0.1) is 5.41 Å². The molecular formula is C14H27NO3. The van der Waals surface area contributed by atoms with E-state index in [1.165, 1.54) is 0 Å². The highest BCUT2D eigenvalue weighted by Crippen LogP contribution is 2.42. The van der Waals surface area contributed by atoms with Crippen molar-refractivity contribution in [2.45, 2.75) is 51.6 Å². The molecule has 0 aromatic carbocycles. The normalized spacial score (nSPS) is 18.9. The number of aliphatic hydroxyl groups is 1. The molecule has 1 rings (SSSR count). The van der Waals surface area contributed by atoms with Gasteiger partial charge in [0.15, 0.2) is 0 Å². The van der Waals surface area contributed by atoms with E-state index in [0.717, 1.165) is 32.1 Å². The Balaban J connectivity index is 2.70. The van der Waals surface area contributed by atoms with Crippen molar-refractivity contribution in [1.82, 2.24) is 4.90 Å². The third-order valence-electron chi connectivity index (χ3n) is 3.77. The minimum absolute atomic E-state index is 0.166. The fraction of sp³-hybridized carbons (Fsp3) is 0.929. The first kappa shape index (κ1) is 15.4. The second-order valence-corrected chi connectivity index (χ2v) is 6.20. The standard InChI is InChI=1S/C14H27NO3/c1-13(2,17)11-15(3)12(16)14(9-10-18-4)7-5-6-8-14/h17H,5-11H2,1-4H3. The molecule has 0 heterocycles. The maximum atomic E-state index is 12.6. The molecule has 4 nitrogen and oxygen atoms in total. The third-order valence-corrected chi connectivity index (χ3v) is 3.77. The van der Waals surface area contributed by atoms with Crippen LogP contribution in [-0.2, 0) is 9.53 Å². The highest BCUT2D eigenvalue weighted by Gasteiger charge is 2.42. The van der Waals surface area contributed by atoms with Gasteiger partial charge in [-0.15, -0.1) is 0 Å². The molecule has 0 aliphatic heterocycles. The molecule has 0 spiro atoms. The van der Waals surface area contributed by atoms with Gasteiger partial charge in [-0.3, -0.25) is 4.79 Å². The second-order valence-electron chi connectivity index (χ2n) is 6.20. The van der Waals surface area contributed by atoms with Crippen molar-refractivity contribution in [2.75, 3.05) is 27.3 Å². The van der Waals surface area contributed by atoms with E-state index in [9.17, 15) is 9.90 Å². The van der Waals surface area contributed by atoms with Crippen LogP contribution in [0.3, 0.4) is 0 Å². The van der Waals surface area contributed by atoms with Gasteiger partial charge >= 0.3 is 0 Å². The number of amides is 1. The molecule has 0 aromatic heterocycles. The SMILES string of the molecule is COCCC1(C(=O)N(C)CC(C)(C)O)CCCC1. The van der Waals surface area contributed by atoms with Crippen LogP contribution < -0.4 is 0 Å². The van der Waals surface area contributed by atoms with Crippen LogP contribution in [0.5, 0.6) is 0 Å². The number of nitrogens with zero attached hydrogens (tertiary/aromatic N) is 1. The van der Waals surface area contributed by atoms with Gasteiger partial charge in [0.05, 0.1) is 11.0 Å². The smallest absolute Gasteiger partial charge is 0.228 e. The lowest BCUT2D eigenvalue weighted by Gasteiger charge is -2.34. The highest BCUT2D eigenvalue weighted by atomic mass is 16.5. The summed E-state index contributed by atoms with van der Waals surface area (Å²) in [6.45, 7) is 4.46. The van der Waals surface area contributed by atoms with E-state index in [2.05, 4.69) is 0 Å². The van der Waals surface area contributed by atoms with E-state index in [1.54, 1.807) is 32.9 Å². The van der Waals surface area contributed by atoms with Gasteiger partial charge in [0.2, 0.25) is 5.91 Å². The van der Waals surface area contributed by atoms with Gasteiger partial charge in [0, 0.05) is 27.3 Å². The Kier molecular flexibility index (Phi) is 5.17. The predicted molar refractivity (Wildman–Crippen MR) is 71.3 cm³/mol. The lowest BCUT2D eigenvalue weighted by Crippen LogP contribution is -2.46. The molecule has 0 unspecified atom stereocenters.